The van der Waals surface area contributed by atoms with Gasteiger partial charge < -0.3 is 20.5 Å². The molecule has 0 unspecified atom stereocenters. The highest BCUT2D eigenvalue weighted by Gasteiger charge is 2.13. The fourth-order valence-electron chi connectivity index (χ4n) is 1.71. The maximum atomic E-state index is 11.9. The lowest BCUT2D eigenvalue weighted by atomic mass is 10.2. The zero-order valence-electron chi connectivity index (χ0n) is 11.5. The molecule has 6 nitrogen and oxygen atoms in total. The molecule has 0 bridgehead atoms. The minimum absolute atomic E-state index is 0.307. The third kappa shape index (κ3) is 4.17. The van der Waals surface area contributed by atoms with Crippen LogP contribution < -0.4 is 11.1 Å². The largest absolute Gasteiger partial charge is 0.451 e. The van der Waals surface area contributed by atoms with Gasteiger partial charge in [0.2, 0.25) is 0 Å². The summed E-state index contributed by atoms with van der Waals surface area (Å²) in [6.07, 6.45) is 0. The van der Waals surface area contributed by atoms with Crippen molar-refractivity contribution in [2.24, 2.45) is 0 Å². The predicted molar refractivity (Wildman–Crippen MR) is 81.4 cm³/mol. The van der Waals surface area contributed by atoms with Gasteiger partial charge in [0, 0.05) is 24.0 Å². The van der Waals surface area contributed by atoms with E-state index in [-0.39, 0.29) is 12.5 Å². The maximum absolute atomic E-state index is 11.9. The molecule has 112 valence electrons. The number of ether oxygens (including phenoxy) is 2. The Hall–Kier alpha value is -2.12. The molecule has 21 heavy (non-hydrogen) atoms. The smallest absolute Gasteiger partial charge is 0.348 e. The number of methoxy groups -OCH3 is 1. The number of rotatable bonds is 6. The van der Waals surface area contributed by atoms with Crippen molar-refractivity contribution in [2.45, 2.75) is 0 Å². The lowest BCUT2D eigenvalue weighted by Crippen LogP contribution is -2.31. The van der Waals surface area contributed by atoms with Crippen LogP contribution in [0.1, 0.15) is 9.67 Å². The van der Waals surface area contributed by atoms with E-state index in [1.54, 1.807) is 25.3 Å². The van der Waals surface area contributed by atoms with Crippen LogP contribution in [0, 0.1) is 0 Å². The molecule has 0 saturated carbocycles. The van der Waals surface area contributed by atoms with Gasteiger partial charge in [-0.2, -0.15) is 0 Å². The summed E-state index contributed by atoms with van der Waals surface area (Å²) in [6.45, 7) is 0.491. The SMILES string of the molecule is COCCNC(=O)COC(=O)c1cc2cc(N)ccc2s1. The average Bonchev–Trinajstić information content (AvgIpc) is 2.88. The van der Waals surface area contributed by atoms with E-state index in [4.69, 9.17) is 15.2 Å². The molecule has 1 heterocycles. The van der Waals surface area contributed by atoms with Crippen LogP contribution >= 0.6 is 11.3 Å². The summed E-state index contributed by atoms with van der Waals surface area (Å²) in [4.78, 5) is 23.7. The van der Waals surface area contributed by atoms with Gasteiger partial charge in [0.15, 0.2) is 6.61 Å². The normalized spacial score (nSPS) is 10.5. The molecule has 1 amide bonds. The monoisotopic (exact) mass is 308 g/mol. The number of nitrogen functional groups attached to an aromatic ring is 1. The summed E-state index contributed by atoms with van der Waals surface area (Å²) in [7, 11) is 1.54. The third-order valence-electron chi connectivity index (χ3n) is 2.70. The first kappa shape index (κ1) is 15.3. The van der Waals surface area contributed by atoms with E-state index in [1.807, 2.05) is 6.07 Å². The number of hydrogen-bond acceptors (Lipinski definition) is 6. The first-order valence-corrected chi connectivity index (χ1v) is 7.13. The minimum atomic E-state index is -0.517. The molecule has 3 N–H and O–H groups in total. The molecule has 0 fully saturated rings. The van der Waals surface area contributed by atoms with Crippen LogP contribution in [0.15, 0.2) is 24.3 Å². The van der Waals surface area contributed by atoms with Crippen molar-refractivity contribution in [3.8, 4) is 0 Å². The molecule has 0 atom stereocenters. The van der Waals surface area contributed by atoms with Crippen molar-refractivity contribution < 1.29 is 19.1 Å². The zero-order chi connectivity index (χ0) is 15.2. The molecule has 0 radical (unpaired) electrons. The van der Waals surface area contributed by atoms with Crippen molar-refractivity contribution >= 4 is 39.0 Å². The van der Waals surface area contributed by atoms with Gasteiger partial charge in [0.25, 0.3) is 5.91 Å². The summed E-state index contributed by atoms with van der Waals surface area (Å²) in [5, 5.41) is 3.46. The molecule has 1 aromatic carbocycles. The van der Waals surface area contributed by atoms with E-state index >= 15 is 0 Å². The molecular weight excluding hydrogens is 292 g/mol. The van der Waals surface area contributed by atoms with Gasteiger partial charge in [-0.1, -0.05) is 0 Å². The van der Waals surface area contributed by atoms with E-state index in [9.17, 15) is 9.59 Å². The Balaban J connectivity index is 1.91. The highest BCUT2D eigenvalue weighted by molar-refractivity contribution is 7.20. The number of benzene rings is 1. The van der Waals surface area contributed by atoms with Crippen LogP contribution in [0.4, 0.5) is 5.69 Å². The number of carbonyl (C=O) groups is 2. The summed E-state index contributed by atoms with van der Waals surface area (Å²) in [5.74, 6) is -0.873. The summed E-state index contributed by atoms with van der Waals surface area (Å²) >= 11 is 1.31. The van der Waals surface area contributed by atoms with Gasteiger partial charge in [0.1, 0.15) is 4.88 Å². The Labute approximate surface area is 125 Å². The summed E-state index contributed by atoms with van der Waals surface area (Å²) in [6, 6.07) is 7.13. The number of anilines is 1. The molecule has 2 rings (SSSR count). The van der Waals surface area contributed by atoms with Gasteiger partial charge in [-0.3, -0.25) is 4.79 Å². The van der Waals surface area contributed by atoms with Crippen molar-refractivity contribution in [1.29, 1.82) is 0 Å². The van der Waals surface area contributed by atoms with Crippen molar-refractivity contribution in [2.75, 3.05) is 32.6 Å². The Kier molecular flexibility index (Phi) is 5.13. The van der Waals surface area contributed by atoms with Gasteiger partial charge in [-0.15, -0.1) is 11.3 Å². The number of nitrogens with one attached hydrogen (secondary N) is 1. The van der Waals surface area contributed by atoms with Gasteiger partial charge in [-0.25, -0.2) is 4.79 Å². The van der Waals surface area contributed by atoms with Crippen LogP contribution in [0.3, 0.4) is 0 Å². The average molecular weight is 308 g/mol. The highest BCUT2D eigenvalue weighted by atomic mass is 32.1. The van der Waals surface area contributed by atoms with Crippen molar-refractivity contribution in [3.05, 3.63) is 29.1 Å². The Morgan fingerprint density at radius 2 is 2.14 bits per heavy atom. The van der Waals surface area contributed by atoms with Crippen molar-refractivity contribution in [1.82, 2.24) is 5.32 Å². The van der Waals surface area contributed by atoms with Crippen molar-refractivity contribution in [3.63, 3.8) is 0 Å². The molecule has 2 aromatic rings. The van der Waals surface area contributed by atoms with Crippen LogP contribution in [0.2, 0.25) is 0 Å². The summed E-state index contributed by atoms with van der Waals surface area (Å²) < 4.78 is 10.7. The Morgan fingerprint density at radius 3 is 2.90 bits per heavy atom. The van der Waals surface area contributed by atoms with Crippen LogP contribution in [0.5, 0.6) is 0 Å². The van der Waals surface area contributed by atoms with Gasteiger partial charge >= 0.3 is 5.97 Å². The number of fused-ring (bicyclic) bond motifs is 1. The van der Waals surface area contributed by atoms with Crippen LogP contribution in [-0.4, -0.2) is 38.7 Å². The molecule has 0 aliphatic carbocycles. The first-order chi connectivity index (χ1) is 10.1. The molecule has 0 aliphatic heterocycles. The fourth-order valence-corrected chi connectivity index (χ4v) is 2.65. The number of amides is 1. The summed E-state index contributed by atoms with van der Waals surface area (Å²) in [5.41, 5.74) is 6.33. The van der Waals surface area contributed by atoms with E-state index < -0.39 is 5.97 Å². The van der Waals surface area contributed by atoms with E-state index in [0.29, 0.717) is 23.7 Å². The second-order valence-electron chi connectivity index (χ2n) is 4.33. The lowest BCUT2D eigenvalue weighted by molar-refractivity contribution is -0.124. The van der Waals surface area contributed by atoms with Gasteiger partial charge in [-0.05, 0) is 29.7 Å². The molecular formula is C14H16N2O4S. The number of carbonyl (C=O) groups excluding carboxylic acids is 2. The third-order valence-corrected chi connectivity index (χ3v) is 3.80. The molecule has 0 spiro atoms. The zero-order valence-corrected chi connectivity index (χ0v) is 12.4. The van der Waals surface area contributed by atoms with Gasteiger partial charge in [0.05, 0.1) is 6.61 Å². The maximum Gasteiger partial charge on any atom is 0.348 e. The quantitative estimate of drug-likeness (QED) is 0.478. The number of thiophene rings is 1. The van der Waals surface area contributed by atoms with Crippen LogP contribution in [-0.2, 0) is 14.3 Å². The van der Waals surface area contributed by atoms with E-state index in [0.717, 1.165) is 10.1 Å². The highest BCUT2D eigenvalue weighted by Crippen LogP contribution is 2.27. The van der Waals surface area contributed by atoms with E-state index in [1.165, 1.54) is 11.3 Å². The predicted octanol–water partition coefficient (Wildman–Crippen LogP) is 1.40. The molecule has 1 aromatic heterocycles. The first-order valence-electron chi connectivity index (χ1n) is 6.32. The Morgan fingerprint density at radius 1 is 1.33 bits per heavy atom. The molecule has 0 aliphatic rings. The molecule has 7 heteroatoms. The standard InChI is InChI=1S/C14H16N2O4S/c1-19-5-4-16-13(17)8-20-14(18)12-7-9-6-10(15)2-3-11(9)21-12/h2-3,6-7H,4-5,8,15H2,1H3,(H,16,17). The lowest BCUT2D eigenvalue weighted by Gasteiger charge is -2.04. The number of hydrogen-bond donors (Lipinski definition) is 2. The van der Waals surface area contributed by atoms with Crippen LogP contribution in [0.25, 0.3) is 10.1 Å². The Bertz CT molecular complexity index is 653. The van der Waals surface area contributed by atoms with E-state index in [2.05, 4.69) is 5.32 Å². The fraction of sp³-hybridized carbons (Fsp3) is 0.286. The minimum Gasteiger partial charge on any atom is -0.451 e. The second-order valence-corrected chi connectivity index (χ2v) is 5.41. The second kappa shape index (κ2) is 7.05. The molecule has 0 saturated heterocycles. The number of esters is 1. The topological polar surface area (TPSA) is 90.6 Å². The number of nitrogens with two attached hydrogens (primary N) is 1.